The summed E-state index contributed by atoms with van der Waals surface area (Å²) >= 11 is 0. The number of esters is 1. The fraction of sp³-hybridized carbons (Fsp3) is 0.333. The summed E-state index contributed by atoms with van der Waals surface area (Å²) in [5, 5.41) is 4.18. The third kappa shape index (κ3) is 3.22. The van der Waals surface area contributed by atoms with Gasteiger partial charge in [0.15, 0.2) is 0 Å². The molecular formula is C15H18N2O2. The summed E-state index contributed by atoms with van der Waals surface area (Å²) in [5.74, 6) is -0.325. The molecule has 2 rings (SSSR count). The van der Waals surface area contributed by atoms with Gasteiger partial charge in [0.1, 0.15) is 0 Å². The largest absolute Gasteiger partial charge is 0.462 e. The Kier molecular flexibility index (Phi) is 4.00. The van der Waals surface area contributed by atoms with Crippen LogP contribution in [0.1, 0.15) is 34.0 Å². The SMILES string of the molecule is CCOC(=O)c1cnn(Cc2ccc(C)c(C)c2)c1. The second-order valence-corrected chi connectivity index (χ2v) is 4.57. The number of hydrogen-bond acceptors (Lipinski definition) is 3. The summed E-state index contributed by atoms with van der Waals surface area (Å²) in [6.45, 7) is 7.00. The van der Waals surface area contributed by atoms with Crippen molar-refractivity contribution in [2.24, 2.45) is 0 Å². The van der Waals surface area contributed by atoms with Gasteiger partial charge in [0.25, 0.3) is 0 Å². The van der Waals surface area contributed by atoms with E-state index in [0.717, 1.165) is 0 Å². The van der Waals surface area contributed by atoms with Crippen molar-refractivity contribution in [3.63, 3.8) is 0 Å². The van der Waals surface area contributed by atoms with Crippen molar-refractivity contribution < 1.29 is 9.53 Å². The van der Waals surface area contributed by atoms with Gasteiger partial charge in [-0.25, -0.2) is 4.79 Å². The molecule has 0 aliphatic heterocycles. The average Bonchev–Trinajstić information content (AvgIpc) is 2.83. The maximum absolute atomic E-state index is 11.5. The molecule has 0 unspecified atom stereocenters. The quantitative estimate of drug-likeness (QED) is 0.792. The molecule has 0 aliphatic rings. The van der Waals surface area contributed by atoms with Gasteiger partial charge in [0.2, 0.25) is 0 Å². The molecule has 0 atom stereocenters. The molecule has 0 radical (unpaired) electrons. The highest BCUT2D eigenvalue weighted by Crippen LogP contribution is 2.11. The Morgan fingerprint density at radius 1 is 1.32 bits per heavy atom. The van der Waals surface area contributed by atoms with E-state index in [1.54, 1.807) is 24.0 Å². The molecule has 0 N–H and O–H groups in total. The van der Waals surface area contributed by atoms with Gasteiger partial charge in [-0.1, -0.05) is 18.2 Å². The van der Waals surface area contributed by atoms with Crippen molar-refractivity contribution in [3.05, 3.63) is 52.8 Å². The van der Waals surface area contributed by atoms with E-state index in [2.05, 4.69) is 37.1 Å². The molecule has 19 heavy (non-hydrogen) atoms. The molecule has 0 fully saturated rings. The Labute approximate surface area is 113 Å². The molecule has 0 amide bonds. The van der Waals surface area contributed by atoms with Gasteiger partial charge in [-0.05, 0) is 37.5 Å². The summed E-state index contributed by atoms with van der Waals surface area (Å²) in [6, 6.07) is 6.32. The minimum atomic E-state index is -0.325. The second kappa shape index (κ2) is 5.69. The average molecular weight is 258 g/mol. The van der Waals surface area contributed by atoms with E-state index < -0.39 is 0 Å². The number of aryl methyl sites for hydroxylation is 2. The summed E-state index contributed by atoms with van der Waals surface area (Å²) in [7, 11) is 0. The van der Waals surface area contributed by atoms with E-state index in [-0.39, 0.29) is 5.97 Å². The van der Waals surface area contributed by atoms with Crippen molar-refractivity contribution in [1.82, 2.24) is 9.78 Å². The van der Waals surface area contributed by atoms with Crippen LogP contribution in [0.3, 0.4) is 0 Å². The number of carbonyl (C=O) groups excluding carboxylic acids is 1. The van der Waals surface area contributed by atoms with Crippen LogP contribution in [-0.2, 0) is 11.3 Å². The Bertz CT molecular complexity index is 588. The first-order chi connectivity index (χ1) is 9.10. The lowest BCUT2D eigenvalue weighted by Crippen LogP contribution is -2.04. The molecular weight excluding hydrogens is 240 g/mol. The van der Waals surface area contributed by atoms with Crippen LogP contribution < -0.4 is 0 Å². The Morgan fingerprint density at radius 2 is 2.11 bits per heavy atom. The number of benzene rings is 1. The first-order valence-electron chi connectivity index (χ1n) is 6.36. The lowest BCUT2D eigenvalue weighted by Gasteiger charge is -2.05. The van der Waals surface area contributed by atoms with Crippen LogP contribution in [0.15, 0.2) is 30.6 Å². The smallest absolute Gasteiger partial charge is 0.341 e. The van der Waals surface area contributed by atoms with Crippen LogP contribution in [0.4, 0.5) is 0 Å². The normalized spacial score (nSPS) is 10.5. The van der Waals surface area contributed by atoms with Crippen LogP contribution in [-0.4, -0.2) is 22.4 Å². The topological polar surface area (TPSA) is 44.1 Å². The molecule has 0 saturated carbocycles. The number of rotatable bonds is 4. The summed E-state index contributed by atoms with van der Waals surface area (Å²) < 4.78 is 6.68. The minimum Gasteiger partial charge on any atom is -0.462 e. The van der Waals surface area contributed by atoms with Crippen molar-refractivity contribution in [2.75, 3.05) is 6.61 Å². The van der Waals surface area contributed by atoms with Crippen molar-refractivity contribution in [3.8, 4) is 0 Å². The highest BCUT2D eigenvalue weighted by molar-refractivity contribution is 5.88. The number of carbonyl (C=O) groups is 1. The van der Waals surface area contributed by atoms with Crippen molar-refractivity contribution in [1.29, 1.82) is 0 Å². The first-order valence-corrected chi connectivity index (χ1v) is 6.36. The lowest BCUT2D eigenvalue weighted by atomic mass is 10.1. The van der Waals surface area contributed by atoms with Gasteiger partial charge in [-0.2, -0.15) is 5.10 Å². The molecule has 1 heterocycles. The van der Waals surface area contributed by atoms with Crippen LogP contribution in [0.2, 0.25) is 0 Å². The predicted molar refractivity (Wildman–Crippen MR) is 73.2 cm³/mol. The van der Waals surface area contributed by atoms with E-state index >= 15 is 0 Å². The molecule has 1 aromatic heterocycles. The minimum absolute atomic E-state index is 0.325. The standard InChI is InChI=1S/C15H18N2O2/c1-4-19-15(18)14-8-16-17(10-14)9-13-6-5-11(2)12(3)7-13/h5-8,10H,4,9H2,1-3H3. The van der Waals surface area contributed by atoms with Crippen LogP contribution >= 0.6 is 0 Å². The Hall–Kier alpha value is -2.10. The number of nitrogens with zero attached hydrogens (tertiary/aromatic N) is 2. The van der Waals surface area contributed by atoms with Gasteiger partial charge in [0, 0.05) is 6.20 Å². The van der Waals surface area contributed by atoms with Crippen molar-refractivity contribution in [2.45, 2.75) is 27.3 Å². The van der Waals surface area contributed by atoms with Crippen molar-refractivity contribution >= 4 is 5.97 Å². The van der Waals surface area contributed by atoms with Gasteiger partial charge >= 0.3 is 5.97 Å². The zero-order chi connectivity index (χ0) is 13.8. The van der Waals surface area contributed by atoms with Gasteiger partial charge in [0.05, 0.1) is 24.9 Å². The van der Waals surface area contributed by atoms with Gasteiger partial charge in [-0.3, -0.25) is 4.68 Å². The monoisotopic (exact) mass is 258 g/mol. The number of aromatic nitrogens is 2. The third-order valence-corrected chi connectivity index (χ3v) is 3.06. The molecule has 0 aliphatic carbocycles. The zero-order valence-electron chi connectivity index (χ0n) is 11.5. The Morgan fingerprint density at radius 3 is 2.79 bits per heavy atom. The highest BCUT2D eigenvalue weighted by Gasteiger charge is 2.09. The van der Waals surface area contributed by atoms with Crippen LogP contribution in [0.25, 0.3) is 0 Å². The maximum atomic E-state index is 11.5. The van der Waals surface area contributed by atoms with E-state index in [1.807, 2.05) is 0 Å². The summed E-state index contributed by atoms with van der Waals surface area (Å²) in [5.41, 5.74) is 4.19. The fourth-order valence-electron chi connectivity index (χ4n) is 1.86. The zero-order valence-corrected chi connectivity index (χ0v) is 11.5. The lowest BCUT2D eigenvalue weighted by molar-refractivity contribution is 0.0526. The van der Waals surface area contributed by atoms with Crippen LogP contribution in [0.5, 0.6) is 0 Å². The molecule has 0 spiro atoms. The maximum Gasteiger partial charge on any atom is 0.341 e. The highest BCUT2D eigenvalue weighted by atomic mass is 16.5. The third-order valence-electron chi connectivity index (χ3n) is 3.06. The molecule has 4 heteroatoms. The summed E-state index contributed by atoms with van der Waals surface area (Å²) in [4.78, 5) is 11.5. The van der Waals surface area contributed by atoms with Crippen LogP contribution in [0, 0.1) is 13.8 Å². The fourth-order valence-corrected chi connectivity index (χ4v) is 1.86. The number of ether oxygens (including phenoxy) is 1. The van der Waals surface area contributed by atoms with E-state index in [1.165, 1.54) is 16.7 Å². The Balaban J connectivity index is 2.11. The molecule has 0 saturated heterocycles. The predicted octanol–water partition coefficient (Wildman–Crippen LogP) is 2.72. The van der Waals surface area contributed by atoms with E-state index in [4.69, 9.17) is 4.74 Å². The second-order valence-electron chi connectivity index (χ2n) is 4.57. The van der Waals surface area contributed by atoms with E-state index in [0.29, 0.717) is 18.7 Å². The molecule has 0 bridgehead atoms. The molecule has 1 aromatic carbocycles. The first kappa shape index (κ1) is 13.3. The van der Waals surface area contributed by atoms with E-state index in [9.17, 15) is 4.79 Å². The molecule has 2 aromatic rings. The molecule has 4 nitrogen and oxygen atoms in total. The van der Waals surface area contributed by atoms with Gasteiger partial charge < -0.3 is 4.74 Å². The van der Waals surface area contributed by atoms with Gasteiger partial charge in [-0.15, -0.1) is 0 Å². The molecule has 100 valence electrons. The number of hydrogen-bond donors (Lipinski definition) is 0. The summed E-state index contributed by atoms with van der Waals surface area (Å²) in [6.07, 6.45) is 3.26.